The van der Waals surface area contributed by atoms with Gasteiger partial charge in [-0.25, -0.2) is 4.39 Å². The maximum absolute atomic E-state index is 14.2. The van der Waals surface area contributed by atoms with Gasteiger partial charge in [0.2, 0.25) is 12.1 Å². The van der Waals surface area contributed by atoms with Crippen LogP contribution in [-0.4, -0.2) is 37.0 Å². The summed E-state index contributed by atoms with van der Waals surface area (Å²) >= 11 is 11.5. The van der Waals surface area contributed by atoms with Gasteiger partial charge in [-0.05, 0) is 47.5 Å². The normalized spacial score (nSPS) is 21.7. The van der Waals surface area contributed by atoms with E-state index in [9.17, 15) is 22.4 Å². The van der Waals surface area contributed by atoms with Crippen LogP contribution in [0.4, 0.5) is 17.6 Å². The molecule has 1 N–H and O–H groups in total. The highest BCUT2D eigenvalue weighted by Gasteiger charge is 2.62. The average molecular weight is 534 g/mol. The van der Waals surface area contributed by atoms with Gasteiger partial charge in [0.15, 0.2) is 5.82 Å². The second-order valence-electron chi connectivity index (χ2n) is 7.88. The molecule has 2 aromatic carbocycles. The van der Waals surface area contributed by atoms with E-state index < -0.39 is 51.8 Å². The molecule has 1 amide bonds. The fraction of sp³-hybridized carbons (Fsp3) is 0.318. The predicted octanol–water partition coefficient (Wildman–Crippen LogP) is 5.46. The number of hydrogen-bond donors (Lipinski definition) is 1. The van der Waals surface area contributed by atoms with Crippen LogP contribution in [0.5, 0.6) is 0 Å². The predicted molar refractivity (Wildman–Crippen MR) is 119 cm³/mol. The third kappa shape index (κ3) is 4.62. The van der Waals surface area contributed by atoms with Crippen molar-refractivity contribution in [2.24, 2.45) is 10.3 Å². The maximum Gasteiger partial charge on any atom is 0.435 e. The molecule has 2 aliphatic heterocycles. The molecule has 186 valence electrons. The number of carbonyl (C=O) groups is 1. The van der Waals surface area contributed by atoms with Crippen LogP contribution in [0.25, 0.3) is 0 Å². The van der Waals surface area contributed by atoms with E-state index in [0.717, 1.165) is 12.1 Å². The zero-order chi connectivity index (χ0) is 25.5. The number of amides is 1. The first kappa shape index (κ1) is 25.1. The molecular formula is C22H17Cl2F4N3O4. The fourth-order valence-electron chi connectivity index (χ4n) is 3.72. The van der Waals surface area contributed by atoms with E-state index >= 15 is 0 Å². The van der Waals surface area contributed by atoms with E-state index in [4.69, 9.17) is 37.6 Å². The number of oxime groups is 2. The van der Waals surface area contributed by atoms with Gasteiger partial charge in [-0.2, -0.15) is 13.2 Å². The highest BCUT2D eigenvalue weighted by atomic mass is 35.5. The Morgan fingerprint density at radius 3 is 2.46 bits per heavy atom. The molecule has 2 heterocycles. The Morgan fingerprint density at radius 2 is 1.89 bits per heavy atom. The Hall–Kier alpha value is -3.05. The third-order valence-corrected chi connectivity index (χ3v) is 6.16. The summed E-state index contributed by atoms with van der Waals surface area (Å²) in [5.41, 5.74) is -2.35. The molecule has 4 rings (SSSR count). The van der Waals surface area contributed by atoms with E-state index in [-0.39, 0.29) is 17.7 Å². The number of nitrogens with one attached hydrogen (secondary N) is 1. The SMILES string of the molecule is COC1=NO[C@H](NC(=O)c2ccc(C3=NO[C@@](c4cc(Cl)c(F)c(Cl)c4)(C(F)(F)F)C3)cc2C)C1. The van der Waals surface area contributed by atoms with Crippen molar-refractivity contribution >= 4 is 40.7 Å². The molecule has 2 atom stereocenters. The van der Waals surface area contributed by atoms with Gasteiger partial charge in [-0.15, -0.1) is 0 Å². The van der Waals surface area contributed by atoms with E-state index in [1.807, 2.05) is 0 Å². The van der Waals surface area contributed by atoms with Crippen LogP contribution in [0.2, 0.25) is 10.0 Å². The zero-order valence-electron chi connectivity index (χ0n) is 18.2. The Bertz CT molecular complexity index is 1230. The minimum Gasteiger partial charge on any atom is -0.482 e. The van der Waals surface area contributed by atoms with Gasteiger partial charge in [-0.1, -0.05) is 34.4 Å². The summed E-state index contributed by atoms with van der Waals surface area (Å²) in [6.07, 6.45) is -6.09. The number of nitrogens with zero attached hydrogens (tertiary/aromatic N) is 2. The lowest BCUT2D eigenvalue weighted by Crippen LogP contribution is -2.42. The molecular weight excluding hydrogens is 517 g/mol. The number of aryl methyl sites for hydroxylation is 1. The molecule has 0 saturated heterocycles. The minimum absolute atomic E-state index is 0.0220. The molecule has 0 radical (unpaired) electrons. The van der Waals surface area contributed by atoms with Crippen LogP contribution < -0.4 is 5.32 Å². The summed E-state index contributed by atoms with van der Waals surface area (Å²) < 4.78 is 61.3. The second-order valence-corrected chi connectivity index (χ2v) is 8.69. The number of ether oxygens (including phenoxy) is 1. The highest BCUT2D eigenvalue weighted by Crippen LogP contribution is 2.50. The van der Waals surface area contributed by atoms with Crippen LogP contribution >= 0.6 is 23.2 Å². The molecule has 0 saturated carbocycles. The highest BCUT2D eigenvalue weighted by molar-refractivity contribution is 6.35. The van der Waals surface area contributed by atoms with Gasteiger partial charge >= 0.3 is 6.18 Å². The van der Waals surface area contributed by atoms with E-state index in [0.29, 0.717) is 17.0 Å². The van der Waals surface area contributed by atoms with E-state index in [1.54, 1.807) is 6.92 Å². The number of benzene rings is 2. The number of halogens is 6. The van der Waals surface area contributed by atoms with E-state index in [1.165, 1.54) is 25.3 Å². The van der Waals surface area contributed by atoms with Gasteiger partial charge in [0.25, 0.3) is 11.5 Å². The van der Waals surface area contributed by atoms with Crippen molar-refractivity contribution in [2.75, 3.05) is 7.11 Å². The van der Waals surface area contributed by atoms with Gasteiger partial charge in [-0.3, -0.25) is 4.79 Å². The van der Waals surface area contributed by atoms with Crippen LogP contribution in [0, 0.1) is 12.7 Å². The Labute approximate surface area is 206 Å². The topological polar surface area (TPSA) is 81.5 Å². The largest absolute Gasteiger partial charge is 0.482 e. The van der Waals surface area contributed by atoms with Crippen molar-refractivity contribution in [3.8, 4) is 0 Å². The summed E-state index contributed by atoms with van der Waals surface area (Å²) in [4.78, 5) is 22.6. The molecule has 7 nitrogen and oxygen atoms in total. The molecule has 0 unspecified atom stereocenters. The number of carbonyl (C=O) groups excluding carboxylic acids is 1. The van der Waals surface area contributed by atoms with Crippen molar-refractivity contribution in [3.63, 3.8) is 0 Å². The summed E-state index contributed by atoms with van der Waals surface area (Å²) in [7, 11) is 1.43. The summed E-state index contributed by atoms with van der Waals surface area (Å²) in [6.45, 7) is 1.62. The summed E-state index contributed by atoms with van der Waals surface area (Å²) in [5.74, 6) is -1.17. The lowest BCUT2D eigenvalue weighted by Gasteiger charge is -2.29. The fourth-order valence-corrected chi connectivity index (χ4v) is 4.21. The second kappa shape index (κ2) is 9.19. The first-order valence-corrected chi connectivity index (χ1v) is 10.9. The Balaban J connectivity index is 1.56. The van der Waals surface area contributed by atoms with Crippen LogP contribution in [0.1, 0.15) is 39.9 Å². The molecule has 2 aromatic rings. The lowest BCUT2D eigenvalue weighted by atomic mass is 9.86. The van der Waals surface area contributed by atoms with Crippen molar-refractivity contribution < 1.29 is 36.8 Å². The first-order chi connectivity index (χ1) is 16.4. The Morgan fingerprint density at radius 1 is 1.20 bits per heavy atom. The van der Waals surface area contributed by atoms with Crippen molar-refractivity contribution in [2.45, 2.75) is 37.8 Å². The zero-order valence-corrected chi connectivity index (χ0v) is 19.7. The summed E-state index contributed by atoms with van der Waals surface area (Å²) in [6, 6.07) is 6.05. The number of methoxy groups -OCH3 is 1. The summed E-state index contributed by atoms with van der Waals surface area (Å²) in [5, 5.41) is 8.83. The maximum atomic E-state index is 14.2. The molecule has 13 heteroatoms. The number of alkyl halides is 3. The van der Waals surface area contributed by atoms with Crippen LogP contribution in [-0.2, 0) is 20.0 Å². The van der Waals surface area contributed by atoms with Gasteiger partial charge in [0.1, 0.15) is 0 Å². The first-order valence-electron chi connectivity index (χ1n) is 10.1. The molecule has 0 spiro atoms. The molecule has 2 aliphatic rings. The van der Waals surface area contributed by atoms with Gasteiger partial charge in [0, 0.05) is 17.5 Å². The standard InChI is InChI=1S/C22H17Cl2F4N3O4/c1-10-5-11(3-4-13(10)20(32)29-17-8-18(33-2)31-34-17)16-9-21(35-30-16,22(26,27)28)12-6-14(23)19(25)15(24)7-12/h3-7,17H,8-9H2,1-2H3,(H,29,32)/t17-,21-/m0/s1. The van der Waals surface area contributed by atoms with Crippen molar-refractivity contribution in [1.29, 1.82) is 0 Å². The number of rotatable bonds is 4. The molecule has 0 fully saturated rings. The minimum atomic E-state index is -4.93. The van der Waals surface area contributed by atoms with Crippen molar-refractivity contribution in [3.05, 3.63) is 68.4 Å². The monoisotopic (exact) mass is 533 g/mol. The quantitative estimate of drug-likeness (QED) is 0.418. The Kier molecular flexibility index (Phi) is 6.58. The smallest absolute Gasteiger partial charge is 0.435 e. The third-order valence-electron chi connectivity index (χ3n) is 5.61. The van der Waals surface area contributed by atoms with Gasteiger partial charge < -0.3 is 19.7 Å². The molecule has 0 aromatic heterocycles. The van der Waals surface area contributed by atoms with Crippen LogP contribution in [0.15, 0.2) is 40.6 Å². The van der Waals surface area contributed by atoms with Crippen LogP contribution in [0.3, 0.4) is 0 Å². The lowest BCUT2D eigenvalue weighted by molar-refractivity contribution is -0.275. The van der Waals surface area contributed by atoms with E-state index in [2.05, 4.69) is 15.6 Å². The average Bonchev–Trinajstić information content (AvgIpc) is 3.44. The van der Waals surface area contributed by atoms with Crippen molar-refractivity contribution in [1.82, 2.24) is 5.32 Å². The molecule has 35 heavy (non-hydrogen) atoms. The molecule has 0 bridgehead atoms. The molecule has 0 aliphatic carbocycles. The van der Waals surface area contributed by atoms with Gasteiger partial charge in [0.05, 0.1) is 29.3 Å². The number of hydrogen-bond acceptors (Lipinski definition) is 6.